The minimum Gasteiger partial charge on any atom is -0.396 e. The van der Waals surface area contributed by atoms with E-state index in [0.29, 0.717) is 29.1 Å². The molecular weight excluding hydrogens is 1310 g/mol. The van der Waals surface area contributed by atoms with Gasteiger partial charge in [-0.25, -0.2) is 24.9 Å². The Morgan fingerprint density at radius 1 is 0.404 bits per heavy atom. The highest BCUT2D eigenvalue weighted by Gasteiger charge is 2.41. The molecule has 0 radical (unpaired) electrons. The zero-order valence-corrected chi connectivity index (χ0v) is 63.0. The molecule has 0 aliphatic carbocycles. The molecule has 4 aliphatic rings. The van der Waals surface area contributed by atoms with Crippen LogP contribution in [0.5, 0.6) is 0 Å². The van der Waals surface area contributed by atoms with E-state index in [-0.39, 0.29) is 35.0 Å². The van der Waals surface area contributed by atoms with Crippen molar-refractivity contribution in [3.8, 4) is 0 Å². The second-order valence-corrected chi connectivity index (χ2v) is 30.2. The second kappa shape index (κ2) is 38.0. The summed E-state index contributed by atoms with van der Waals surface area (Å²) in [7, 11) is 0. The Kier molecular flexibility index (Phi) is 29.1. The number of aliphatic hydroxyl groups excluding tert-OH is 2. The molecule has 4 aromatic carbocycles. The fourth-order valence-electron chi connectivity index (χ4n) is 16.5. The summed E-state index contributed by atoms with van der Waals surface area (Å²) in [4.78, 5) is 42.7. The molecule has 4 unspecified atom stereocenters. The molecule has 0 spiro atoms. The van der Waals surface area contributed by atoms with Crippen LogP contribution in [0.2, 0.25) is 0 Å². The highest BCUT2D eigenvalue weighted by molar-refractivity contribution is 5.53. The van der Waals surface area contributed by atoms with Crippen LogP contribution < -0.4 is 36.8 Å². The van der Waals surface area contributed by atoms with Crippen molar-refractivity contribution in [2.24, 2.45) is 21.7 Å². The topological polar surface area (TPSA) is 235 Å². The number of hydrogen-bond acceptors (Lipinski definition) is 17. The summed E-state index contributed by atoms with van der Waals surface area (Å²) < 4.78 is 39.7. The SMILES string of the molecule is CCC1(CCCc2ccccc2)CCCN(c2nc(N)nc(C)c2C)C1.CCC1(CCCc2ccccc2)CCCN(c2ncnc(C(F)(F)F)c2C)C1.Cc1nc(N)nc(N2CCCC(CO)(CCCc3ccccc3)C2)c1C.Nc1nccc(N2CCCC(CO)(CCCc3ccccc3)C2)n1. The first-order chi connectivity index (χ1) is 50.1. The smallest absolute Gasteiger partial charge is 0.396 e. The number of alkyl halides is 3. The molecule has 4 saturated heterocycles. The molecule has 0 bridgehead atoms. The van der Waals surface area contributed by atoms with Crippen LogP contribution in [-0.4, -0.2) is 116 Å². The van der Waals surface area contributed by atoms with Crippen LogP contribution in [0.1, 0.15) is 185 Å². The average Bonchev–Trinajstić information content (AvgIpc) is 0.811. The first kappa shape index (κ1) is 79.6. The van der Waals surface area contributed by atoms with Crippen LogP contribution in [-0.2, 0) is 31.9 Å². The average molecular weight is 1420 g/mol. The molecule has 4 fully saturated rings. The molecule has 104 heavy (non-hydrogen) atoms. The highest BCUT2D eigenvalue weighted by Crippen LogP contribution is 2.44. The lowest BCUT2D eigenvalue weighted by Gasteiger charge is -2.44. The molecule has 12 rings (SSSR count). The summed E-state index contributed by atoms with van der Waals surface area (Å²) in [6.45, 7) is 21.8. The molecule has 8 N–H and O–H groups in total. The van der Waals surface area contributed by atoms with Crippen molar-refractivity contribution in [3.05, 3.63) is 196 Å². The maximum Gasteiger partial charge on any atom is 0.433 e. The second-order valence-electron chi connectivity index (χ2n) is 30.2. The normalized spacial score (nSPS) is 20.5. The van der Waals surface area contributed by atoms with Crippen molar-refractivity contribution in [2.45, 2.75) is 196 Å². The molecule has 0 amide bonds. The standard InChI is InChI=1S/C22H28F3N3.C22H32N4.C21H30N4O.C19H26N4O/c1-3-21(12-7-11-18-9-5-4-6-10-18)13-8-14-28(15-21)20-17(2)19(22(23,24)25)26-16-27-20;1-4-22(13-8-12-19-10-6-5-7-11-19)14-9-15-26(16-22)20-17(2)18(3)24-21(23)25-20;1-16-17(2)23-20(22)24-19(16)25-13-7-12-21(14-25,15-26)11-6-10-18-8-4-3-5-9-18;20-18-21-12-9-17(22-18)23-13-5-11-19(14-23,15-24)10-4-8-16-6-2-1-3-7-16/h4-6,9-10,16H,3,7-8,11-15H2,1-2H3;5-7,10-11H,4,8-9,12-16H2,1-3H3,(H2,23,24,25);3-5,8-9,26H,6-7,10-15H2,1-2H3,(H2,22,23,24);1-3,6-7,9,12,24H,4-5,8,10-11,13-15H2,(H2,20,21,22). The van der Waals surface area contributed by atoms with Gasteiger partial charge in [0.15, 0.2) is 5.69 Å². The number of hydrogen-bond donors (Lipinski definition) is 5. The summed E-state index contributed by atoms with van der Waals surface area (Å²) in [5, 5.41) is 20.3. The Balaban J connectivity index is 0.000000161. The number of anilines is 7. The molecule has 560 valence electrons. The Morgan fingerprint density at radius 2 is 0.750 bits per heavy atom. The molecular formula is C84H116F3N15O2. The Bertz CT molecular complexity index is 3770. The third-order valence-corrected chi connectivity index (χ3v) is 22.8. The van der Waals surface area contributed by atoms with E-state index in [1.807, 2.05) is 36.9 Å². The largest absolute Gasteiger partial charge is 0.433 e. The van der Waals surface area contributed by atoms with Gasteiger partial charge in [-0.1, -0.05) is 135 Å². The summed E-state index contributed by atoms with van der Waals surface area (Å²) in [5.41, 5.74) is 26.9. The van der Waals surface area contributed by atoms with Crippen LogP contribution in [0.3, 0.4) is 0 Å². The van der Waals surface area contributed by atoms with E-state index < -0.39 is 11.9 Å². The molecule has 4 aliphatic heterocycles. The third-order valence-electron chi connectivity index (χ3n) is 22.8. The number of rotatable bonds is 24. The summed E-state index contributed by atoms with van der Waals surface area (Å²) in [6.07, 6.45) is 22.6. The van der Waals surface area contributed by atoms with Gasteiger partial charge in [-0.05, 0) is 215 Å². The predicted molar refractivity (Wildman–Crippen MR) is 418 cm³/mol. The Morgan fingerprint density at radius 3 is 1.12 bits per heavy atom. The van der Waals surface area contributed by atoms with Gasteiger partial charge in [-0.3, -0.25) is 0 Å². The minimum atomic E-state index is -4.45. The fraction of sp³-hybridized carbons (Fsp3) is 0.524. The minimum absolute atomic E-state index is 0.0489. The van der Waals surface area contributed by atoms with Crippen molar-refractivity contribution < 1.29 is 23.4 Å². The van der Waals surface area contributed by atoms with Gasteiger partial charge in [0.1, 0.15) is 29.6 Å². The van der Waals surface area contributed by atoms with E-state index in [4.69, 9.17) is 17.2 Å². The molecule has 4 aromatic heterocycles. The number of benzene rings is 4. The number of nitrogen functional groups attached to an aromatic ring is 3. The van der Waals surface area contributed by atoms with E-state index in [0.717, 1.165) is 201 Å². The molecule has 8 aromatic rings. The molecule has 20 heteroatoms. The van der Waals surface area contributed by atoms with E-state index in [2.05, 4.69) is 191 Å². The highest BCUT2D eigenvalue weighted by atomic mass is 19.4. The number of nitrogens with two attached hydrogens (primary N) is 3. The van der Waals surface area contributed by atoms with Gasteiger partial charge >= 0.3 is 6.18 Å². The maximum atomic E-state index is 13.2. The monoisotopic (exact) mass is 1420 g/mol. The molecule has 17 nitrogen and oxygen atoms in total. The lowest BCUT2D eigenvalue weighted by atomic mass is 9.73. The predicted octanol–water partition coefficient (Wildman–Crippen LogP) is 16.5. The Labute approximate surface area is 617 Å². The lowest BCUT2D eigenvalue weighted by Crippen LogP contribution is -2.46. The maximum absolute atomic E-state index is 13.2. The lowest BCUT2D eigenvalue weighted by molar-refractivity contribution is -0.141. The van der Waals surface area contributed by atoms with Crippen molar-refractivity contribution in [1.29, 1.82) is 0 Å². The van der Waals surface area contributed by atoms with E-state index in [9.17, 15) is 23.4 Å². The van der Waals surface area contributed by atoms with Gasteiger partial charge in [-0.15, -0.1) is 0 Å². The number of nitrogens with zero attached hydrogens (tertiary/aromatic N) is 12. The van der Waals surface area contributed by atoms with Crippen molar-refractivity contribution in [3.63, 3.8) is 0 Å². The van der Waals surface area contributed by atoms with Crippen LogP contribution in [0.4, 0.5) is 54.3 Å². The van der Waals surface area contributed by atoms with Crippen molar-refractivity contribution in [2.75, 3.05) is 102 Å². The van der Waals surface area contributed by atoms with Crippen molar-refractivity contribution in [1.82, 2.24) is 39.9 Å². The summed E-state index contributed by atoms with van der Waals surface area (Å²) in [5.74, 6) is 4.28. The van der Waals surface area contributed by atoms with Gasteiger partial charge in [0.2, 0.25) is 17.8 Å². The number of aryl methyl sites for hydroxylation is 6. The van der Waals surface area contributed by atoms with Crippen LogP contribution in [0.25, 0.3) is 0 Å². The Hall–Kier alpha value is -8.49. The fourth-order valence-corrected chi connectivity index (χ4v) is 16.5. The summed E-state index contributed by atoms with van der Waals surface area (Å²) in [6, 6.07) is 44.3. The first-order valence-corrected chi connectivity index (χ1v) is 38.2. The van der Waals surface area contributed by atoms with Gasteiger partial charge in [0, 0.05) is 97.5 Å². The van der Waals surface area contributed by atoms with Crippen LogP contribution in [0, 0.1) is 56.3 Å². The van der Waals surface area contributed by atoms with Crippen LogP contribution in [0.15, 0.2) is 140 Å². The number of halogens is 3. The number of aliphatic hydroxyl groups is 2. The quantitative estimate of drug-likeness (QED) is 0.0378. The number of piperidine rings is 4. The number of aromatic nitrogens is 8. The van der Waals surface area contributed by atoms with E-state index >= 15 is 0 Å². The third kappa shape index (κ3) is 22.3. The van der Waals surface area contributed by atoms with E-state index in [1.54, 1.807) is 6.20 Å². The zero-order valence-electron chi connectivity index (χ0n) is 63.0. The van der Waals surface area contributed by atoms with Gasteiger partial charge in [0.05, 0.1) is 13.2 Å². The van der Waals surface area contributed by atoms with Gasteiger partial charge in [-0.2, -0.15) is 28.1 Å². The molecule has 8 heterocycles. The summed E-state index contributed by atoms with van der Waals surface area (Å²) >= 11 is 0. The zero-order chi connectivity index (χ0) is 74.2. The molecule has 4 atom stereocenters. The van der Waals surface area contributed by atoms with E-state index in [1.165, 1.54) is 67.7 Å². The first-order valence-electron chi connectivity index (χ1n) is 38.2. The van der Waals surface area contributed by atoms with Crippen molar-refractivity contribution >= 4 is 41.1 Å². The molecule has 0 saturated carbocycles. The van der Waals surface area contributed by atoms with Crippen LogP contribution >= 0.6 is 0 Å². The van der Waals surface area contributed by atoms with Gasteiger partial charge < -0.3 is 47.0 Å². The van der Waals surface area contributed by atoms with Gasteiger partial charge in [0.25, 0.3) is 0 Å².